The molecule has 0 unspecified atom stereocenters. The molecule has 2 aromatic carbocycles. The molecule has 2 amide bonds. The Morgan fingerprint density at radius 1 is 1.23 bits per heavy atom. The van der Waals surface area contributed by atoms with E-state index in [0.29, 0.717) is 11.3 Å². The Bertz CT molecular complexity index is 885. The van der Waals surface area contributed by atoms with Gasteiger partial charge in [0.05, 0.1) is 23.6 Å². The second kappa shape index (κ2) is 7.13. The number of amides is 2. The van der Waals surface area contributed by atoms with Gasteiger partial charge in [-0.25, -0.2) is 9.29 Å². The van der Waals surface area contributed by atoms with E-state index in [1.54, 1.807) is 24.3 Å². The molecule has 0 spiro atoms. The fourth-order valence-corrected chi connectivity index (χ4v) is 2.91. The summed E-state index contributed by atoms with van der Waals surface area (Å²) in [5.74, 6) is -2.45. The Morgan fingerprint density at radius 3 is 2.54 bits per heavy atom. The maximum Gasteiger partial charge on any atom is 0.307 e. The van der Waals surface area contributed by atoms with Crippen molar-refractivity contribution in [1.82, 2.24) is 0 Å². The van der Waals surface area contributed by atoms with Crippen molar-refractivity contribution in [3.05, 3.63) is 58.9 Å². The first-order valence-electron chi connectivity index (χ1n) is 7.74. The van der Waals surface area contributed by atoms with Crippen molar-refractivity contribution in [2.24, 2.45) is 0 Å². The zero-order chi connectivity index (χ0) is 18.8. The molecule has 2 N–H and O–H groups in total. The Morgan fingerprint density at radius 2 is 1.92 bits per heavy atom. The van der Waals surface area contributed by atoms with Crippen molar-refractivity contribution in [1.29, 1.82) is 0 Å². The summed E-state index contributed by atoms with van der Waals surface area (Å²) in [4.78, 5) is 36.4. The molecule has 0 radical (unpaired) electrons. The number of imide groups is 1. The van der Waals surface area contributed by atoms with Crippen molar-refractivity contribution >= 4 is 40.8 Å². The monoisotopic (exact) mass is 376 g/mol. The number of nitrogens with zero attached hydrogens (tertiary/aromatic N) is 1. The molecule has 8 heteroatoms. The van der Waals surface area contributed by atoms with Crippen LogP contribution in [0.4, 0.5) is 15.8 Å². The van der Waals surface area contributed by atoms with Crippen LogP contribution in [0.2, 0.25) is 5.02 Å². The molecular weight excluding hydrogens is 363 g/mol. The lowest BCUT2D eigenvalue weighted by molar-refractivity contribution is -0.136. The molecule has 1 aliphatic rings. The fourth-order valence-electron chi connectivity index (χ4n) is 2.73. The van der Waals surface area contributed by atoms with Crippen LogP contribution in [-0.2, 0) is 20.8 Å². The Labute approximate surface area is 153 Å². The number of carboxylic acid groups (broad SMARTS) is 1. The Hall–Kier alpha value is -2.93. The van der Waals surface area contributed by atoms with E-state index in [2.05, 4.69) is 5.32 Å². The highest BCUT2D eigenvalue weighted by Gasteiger charge is 2.39. The predicted molar refractivity (Wildman–Crippen MR) is 93.7 cm³/mol. The van der Waals surface area contributed by atoms with Crippen LogP contribution in [-0.4, -0.2) is 28.9 Å². The molecule has 0 saturated carbocycles. The summed E-state index contributed by atoms with van der Waals surface area (Å²) in [5, 5.41) is 11.6. The van der Waals surface area contributed by atoms with Crippen LogP contribution in [0.5, 0.6) is 0 Å². The van der Waals surface area contributed by atoms with E-state index in [4.69, 9.17) is 16.7 Å². The van der Waals surface area contributed by atoms with E-state index in [1.165, 1.54) is 12.1 Å². The Balaban J connectivity index is 1.74. The molecule has 1 heterocycles. The van der Waals surface area contributed by atoms with Crippen LogP contribution in [0.25, 0.3) is 0 Å². The summed E-state index contributed by atoms with van der Waals surface area (Å²) < 4.78 is 13.3. The molecule has 6 nitrogen and oxygen atoms in total. The zero-order valence-corrected chi connectivity index (χ0v) is 14.2. The van der Waals surface area contributed by atoms with Crippen LogP contribution in [0.1, 0.15) is 12.0 Å². The van der Waals surface area contributed by atoms with Crippen molar-refractivity contribution in [3.63, 3.8) is 0 Å². The largest absolute Gasteiger partial charge is 0.481 e. The fraction of sp³-hybridized carbons (Fsp3) is 0.167. The first kappa shape index (κ1) is 17.9. The molecule has 0 aliphatic carbocycles. The average molecular weight is 377 g/mol. The van der Waals surface area contributed by atoms with Crippen molar-refractivity contribution in [3.8, 4) is 0 Å². The van der Waals surface area contributed by atoms with E-state index < -0.39 is 29.6 Å². The number of carbonyl (C=O) groups is 3. The number of benzene rings is 2. The maximum absolute atomic E-state index is 13.3. The number of aliphatic carboxylic acids is 1. The van der Waals surface area contributed by atoms with E-state index in [-0.39, 0.29) is 23.6 Å². The second-order valence-electron chi connectivity index (χ2n) is 5.83. The number of halogens is 2. The quantitative estimate of drug-likeness (QED) is 0.783. The molecule has 0 aromatic heterocycles. The van der Waals surface area contributed by atoms with E-state index in [9.17, 15) is 18.8 Å². The standard InChI is InChI=1S/C18H14ClFN2O4/c19-13-8-12(5-6-14(13)20)22-16(23)9-15(18(22)26)21-11-3-1-10(2-4-11)7-17(24)25/h1-6,8,15,21H,7,9H2,(H,24,25)/t15-/m0/s1. The number of anilines is 2. The molecule has 26 heavy (non-hydrogen) atoms. The first-order valence-corrected chi connectivity index (χ1v) is 8.12. The van der Waals surface area contributed by atoms with Gasteiger partial charge in [0.2, 0.25) is 5.91 Å². The van der Waals surface area contributed by atoms with Gasteiger partial charge in [0, 0.05) is 5.69 Å². The predicted octanol–water partition coefficient (Wildman–Crippen LogP) is 2.85. The Kier molecular flexibility index (Phi) is 4.90. The molecule has 3 rings (SSSR count). The van der Waals surface area contributed by atoms with Gasteiger partial charge in [-0.3, -0.25) is 14.4 Å². The number of nitrogens with one attached hydrogen (secondary N) is 1. The zero-order valence-electron chi connectivity index (χ0n) is 13.4. The van der Waals surface area contributed by atoms with Crippen LogP contribution in [0.3, 0.4) is 0 Å². The highest BCUT2D eigenvalue weighted by atomic mass is 35.5. The normalized spacial score (nSPS) is 16.8. The van der Waals surface area contributed by atoms with Gasteiger partial charge in [0.25, 0.3) is 5.91 Å². The third kappa shape index (κ3) is 3.67. The van der Waals surface area contributed by atoms with E-state index in [0.717, 1.165) is 11.0 Å². The number of hydrogen-bond acceptors (Lipinski definition) is 4. The minimum Gasteiger partial charge on any atom is -0.481 e. The molecule has 1 fully saturated rings. The molecule has 134 valence electrons. The van der Waals surface area contributed by atoms with Crippen LogP contribution in [0, 0.1) is 5.82 Å². The molecule has 1 atom stereocenters. The summed E-state index contributed by atoms with van der Waals surface area (Å²) in [6.07, 6.45) is -0.148. The summed E-state index contributed by atoms with van der Waals surface area (Å²) in [7, 11) is 0. The van der Waals surface area contributed by atoms with Crippen molar-refractivity contribution in [2.45, 2.75) is 18.9 Å². The van der Waals surface area contributed by atoms with Crippen molar-refractivity contribution in [2.75, 3.05) is 10.2 Å². The van der Waals surface area contributed by atoms with Gasteiger partial charge in [0.1, 0.15) is 11.9 Å². The van der Waals surface area contributed by atoms with Crippen LogP contribution < -0.4 is 10.2 Å². The van der Waals surface area contributed by atoms with Gasteiger partial charge in [-0.1, -0.05) is 23.7 Å². The number of rotatable bonds is 5. The molecule has 2 aromatic rings. The van der Waals surface area contributed by atoms with Gasteiger partial charge in [-0.05, 0) is 35.9 Å². The number of carboxylic acids is 1. The highest BCUT2D eigenvalue weighted by Crippen LogP contribution is 2.28. The third-order valence-corrected chi connectivity index (χ3v) is 4.25. The highest BCUT2D eigenvalue weighted by molar-refractivity contribution is 6.31. The molecule has 0 bridgehead atoms. The smallest absolute Gasteiger partial charge is 0.307 e. The van der Waals surface area contributed by atoms with Gasteiger partial charge < -0.3 is 10.4 Å². The summed E-state index contributed by atoms with van der Waals surface area (Å²) >= 11 is 5.72. The minimum atomic E-state index is -0.934. The number of hydrogen-bond donors (Lipinski definition) is 2. The summed E-state index contributed by atoms with van der Waals surface area (Å²) in [5.41, 5.74) is 1.43. The van der Waals surface area contributed by atoms with Gasteiger partial charge in [0.15, 0.2) is 0 Å². The lowest BCUT2D eigenvalue weighted by Crippen LogP contribution is -2.34. The van der Waals surface area contributed by atoms with Crippen LogP contribution >= 0.6 is 11.6 Å². The maximum atomic E-state index is 13.3. The lowest BCUT2D eigenvalue weighted by Gasteiger charge is -2.16. The number of carbonyl (C=O) groups excluding carboxylic acids is 2. The van der Waals surface area contributed by atoms with Gasteiger partial charge >= 0.3 is 5.97 Å². The van der Waals surface area contributed by atoms with Gasteiger partial charge in [-0.2, -0.15) is 0 Å². The average Bonchev–Trinajstić information content (AvgIpc) is 2.85. The topological polar surface area (TPSA) is 86.7 Å². The lowest BCUT2D eigenvalue weighted by atomic mass is 10.1. The molecule has 1 aliphatic heterocycles. The SMILES string of the molecule is O=C(O)Cc1ccc(N[C@H]2CC(=O)N(c3ccc(F)c(Cl)c3)C2=O)cc1. The summed E-state index contributed by atoms with van der Waals surface area (Å²) in [6.45, 7) is 0. The van der Waals surface area contributed by atoms with Crippen LogP contribution in [0.15, 0.2) is 42.5 Å². The second-order valence-corrected chi connectivity index (χ2v) is 6.24. The van der Waals surface area contributed by atoms with Gasteiger partial charge in [-0.15, -0.1) is 0 Å². The summed E-state index contributed by atoms with van der Waals surface area (Å²) in [6, 6.07) is 9.44. The first-order chi connectivity index (χ1) is 12.3. The molecule has 1 saturated heterocycles. The molecular formula is C18H14ClFN2O4. The minimum absolute atomic E-state index is 0.0509. The third-order valence-electron chi connectivity index (χ3n) is 3.96. The van der Waals surface area contributed by atoms with E-state index in [1.807, 2.05) is 0 Å². The van der Waals surface area contributed by atoms with E-state index >= 15 is 0 Å². The van der Waals surface area contributed by atoms with Crippen molar-refractivity contribution < 1.29 is 23.9 Å².